The van der Waals surface area contributed by atoms with E-state index in [1.54, 1.807) is 24.3 Å². The van der Waals surface area contributed by atoms with Crippen LogP contribution in [0.3, 0.4) is 0 Å². The molecule has 1 aromatic carbocycles. The van der Waals surface area contributed by atoms with Crippen molar-refractivity contribution in [1.82, 2.24) is 19.6 Å². The number of benzene rings is 1. The Morgan fingerprint density at radius 3 is 2.78 bits per heavy atom. The quantitative estimate of drug-likeness (QED) is 0.689. The third-order valence-electron chi connectivity index (χ3n) is 3.31. The molecule has 0 bridgehead atoms. The molecule has 0 fully saturated rings. The van der Waals surface area contributed by atoms with Gasteiger partial charge >= 0.3 is 6.18 Å². The van der Waals surface area contributed by atoms with Gasteiger partial charge in [0.05, 0.1) is 18.1 Å². The van der Waals surface area contributed by atoms with Crippen LogP contribution in [0.5, 0.6) is 5.75 Å². The summed E-state index contributed by atoms with van der Waals surface area (Å²) >= 11 is 5.86. The molecule has 0 saturated carbocycles. The first-order valence-electron chi connectivity index (χ1n) is 7.61. The summed E-state index contributed by atoms with van der Waals surface area (Å²) in [6.45, 7) is -0.273. The molecule has 3 aromatic rings. The van der Waals surface area contributed by atoms with Crippen molar-refractivity contribution in [3.05, 3.63) is 59.6 Å². The molecule has 3 rings (SSSR count). The summed E-state index contributed by atoms with van der Waals surface area (Å²) in [5.41, 5.74) is -0.681. The summed E-state index contributed by atoms with van der Waals surface area (Å²) in [5, 5.41) is 10.4. The fraction of sp³-hybridized carbons (Fsp3) is 0.188. The van der Waals surface area contributed by atoms with Crippen molar-refractivity contribution >= 4 is 23.2 Å². The molecule has 0 aliphatic carbocycles. The largest absolute Gasteiger partial charge is 0.471 e. The van der Waals surface area contributed by atoms with Gasteiger partial charge in [0.2, 0.25) is 5.91 Å². The number of nitrogens with zero attached hydrogens (tertiary/aromatic N) is 4. The summed E-state index contributed by atoms with van der Waals surface area (Å²) in [6.07, 6.45) is -0.549. The maximum atomic E-state index is 12.5. The van der Waals surface area contributed by atoms with Crippen LogP contribution >= 0.6 is 11.6 Å². The first kappa shape index (κ1) is 18.8. The summed E-state index contributed by atoms with van der Waals surface area (Å²) in [7, 11) is 0. The van der Waals surface area contributed by atoms with Crippen molar-refractivity contribution < 1.29 is 22.7 Å². The molecule has 2 heterocycles. The Hall–Kier alpha value is -3.01. The molecule has 0 radical (unpaired) electrons. The monoisotopic (exact) mass is 399 g/mol. The van der Waals surface area contributed by atoms with E-state index in [1.165, 1.54) is 17.1 Å². The minimum absolute atomic E-state index is 0.0876. The highest BCUT2D eigenvalue weighted by atomic mass is 35.5. The lowest BCUT2D eigenvalue weighted by atomic mass is 10.3. The van der Waals surface area contributed by atoms with Gasteiger partial charge in [-0.15, -0.1) is 0 Å². The molecule has 142 valence electrons. The van der Waals surface area contributed by atoms with Crippen molar-refractivity contribution in [3.63, 3.8) is 0 Å². The van der Waals surface area contributed by atoms with Crippen LogP contribution in [0.2, 0.25) is 5.02 Å². The molecular formula is C16H13ClF3N5O2. The van der Waals surface area contributed by atoms with E-state index < -0.39 is 17.8 Å². The van der Waals surface area contributed by atoms with Crippen LogP contribution in [0.15, 0.2) is 48.9 Å². The topological polar surface area (TPSA) is 74.0 Å². The Labute approximate surface area is 156 Å². The van der Waals surface area contributed by atoms with E-state index in [4.69, 9.17) is 16.3 Å². The highest BCUT2D eigenvalue weighted by Gasteiger charge is 2.33. The molecule has 27 heavy (non-hydrogen) atoms. The third kappa shape index (κ3) is 5.23. The molecule has 0 saturated heterocycles. The van der Waals surface area contributed by atoms with Crippen LogP contribution in [0.4, 0.5) is 18.9 Å². The number of halogens is 4. The highest BCUT2D eigenvalue weighted by Crippen LogP contribution is 2.27. The smallest absolute Gasteiger partial charge is 0.435 e. The average molecular weight is 400 g/mol. The predicted octanol–water partition coefficient (Wildman–Crippen LogP) is 3.43. The second kappa shape index (κ2) is 7.70. The van der Waals surface area contributed by atoms with E-state index in [9.17, 15) is 18.0 Å². The summed E-state index contributed by atoms with van der Waals surface area (Å²) in [4.78, 5) is 11.9. The van der Waals surface area contributed by atoms with Gasteiger partial charge in [0.1, 0.15) is 12.3 Å². The maximum Gasteiger partial charge on any atom is 0.435 e. The minimum atomic E-state index is -4.55. The molecule has 11 heteroatoms. The van der Waals surface area contributed by atoms with E-state index >= 15 is 0 Å². The van der Waals surface area contributed by atoms with Gasteiger partial charge in [0, 0.05) is 11.2 Å². The second-order valence-corrected chi connectivity index (χ2v) is 5.88. The van der Waals surface area contributed by atoms with Gasteiger partial charge in [-0.05, 0) is 24.3 Å². The van der Waals surface area contributed by atoms with Gasteiger partial charge in [-0.1, -0.05) is 17.7 Å². The van der Waals surface area contributed by atoms with Crippen molar-refractivity contribution in [1.29, 1.82) is 0 Å². The number of rotatable bonds is 6. The zero-order valence-corrected chi connectivity index (χ0v) is 14.4. The first-order valence-corrected chi connectivity index (χ1v) is 7.99. The van der Waals surface area contributed by atoms with Gasteiger partial charge in [-0.25, -0.2) is 4.68 Å². The molecule has 0 spiro atoms. The Morgan fingerprint density at radius 2 is 2.07 bits per heavy atom. The number of hydrogen-bond donors (Lipinski definition) is 1. The zero-order chi connectivity index (χ0) is 19.4. The standard InChI is InChI=1S/C16H13ClF3N5O2/c17-11-2-1-3-13(6-11)27-10-25-8-12(7-21-25)22-15(26)9-24-5-4-14(23-24)16(18,19)20/h1-8H,9-10H2,(H,22,26). The van der Waals surface area contributed by atoms with Gasteiger partial charge < -0.3 is 10.1 Å². The van der Waals surface area contributed by atoms with E-state index in [0.717, 1.165) is 16.9 Å². The summed E-state index contributed by atoms with van der Waals surface area (Å²) in [6, 6.07) is 7.64. The zero-order valence-electron chi connectivity index (χ0n) is 13.7. The normalized spacial score (nSPS) is 11.4. The molecular weight excluding hydrogens is 387 g/mol. The number of amides is 1. The third-order valence-corrected chi connectivity index (χ3v) is 3.55. The van der Waals surface area contributed by atoms with E-state index in [2.05, 4.69) is 15.5 Å². The number of nitrogens with one attached hydrogen (secondary N) is 1. The van der Waals surface area contributed by atoms with Crippen LogP contribution in [0.1, 0.15) is 5.69 Å². The fourth-order valence-corrected chi connectivity index (χ4v) is 2.33. The minimum Gasteiger partial charge on any atom is -0.471 e. The van der Waals surface area contributed by atoms with E-state index in [-0.39, 0.29) is 13.3 Å². The average Bonchev–Trinajstić information content (AvgIpc) is 3.22. The van der Waals surface area contributed by atoms with Crippen LogP contribution in [-0.4, -0.2) is 25.5 Å². The summed E-state index contributed by atoms with van der Waals surface area (Å²) in [5.74, 6) is 0.0184. The molecule has 1 N–H and O–H groups in total. The number of carbonyl (C=O) groups excluding carboxylic acids is 1. The number of aromatic nitrogens is 4. The Morgan fingerprint density at radius 1 is 1.26 bits per heavy atom. The van der Waals surface area contributed by atoms with Crippen LogP contribution in [0, 0.1) is 0 Å². The first-order chi connectivity index (χ1) is 12.8. The SMILES string of the molecule is O=C(Cn1ccc(C(F)(F)F)n1)Nc1cnn(COc2cccc(Cl)c2)c1. The van der Waals surface area contributed by atoms with Crippen molar-refractivity contribution in [2.24, 2.45) is 0 Å². The summed E-state index contributed by atoms with van der Waals surface area (Å²) < 4.78 is 45.3. The van der Waals surface area contributed by atoms with Crippen LogP contribution < -0.4 is 10.1 Å². The molecule has 1 amide bonds. The Kier molecular flexibility index (Phi) is 5.36. The van der Waals surface area contributed by atoms with Gasteiger partial charge in [0.15, 0.2) is 12.4 Å². The number of anilines is 1. The predicted molar refractivity (Wildman–Crippen MR) is 90.2 cm³/mol. The number of ether oxygens (including phenoxy) is 1. The number of hydrogen-bond acceptors (Lipinski definition) is 4. The lowest BCUT2D eigenvalue weighted by molar-refractivity contribution is -0.141. The molecule has 7 nitrogen and oxygen atoms in total. The maximum absolute atomic E-state index is 12.5. The van der Waals surface area contributed by atoms with Crippen LogP contribution in [0.25, 0.3) is 0 Å². The molecule has 0 atom stereocenters. The highest BCUT2D eigenvalue weighted by molar-refractivity contribution is 6.30. The fourth-order valence-electron chi connectivity index (χ4n) is 2.14. The van der Waals surface area contributed by atoms with Crippen LogP contribution in [-0.2, 0) is 24.2 Å². The second-order valence-electron chi connectivity index (χ2n) is 5.44. The molecule has 2 aromatic heterocycles. The van der Waals surface area contributed by atoms with Gasteiger partial charge in [-0.2, -0.15) is 23.4 Å². The van der Waals surface area contributed by atoms with E-state index in [0.29, 0.717) is 16.5 Å². The van der Waals surface area contributed by atoms with Gasteiger partial charge in [-0.3, -0.25) is 9.48 Å². The Bertz CT molecular complexity index is 938. The Balaban J connectivity index is 1.52. The lowest BCUT2D eigenvalue weighted by Crippen LogP contribution is -2.19. The van der Waals surface area contributed by atoms with Gasteiger partial charge in [0.25, 0.3) is 0 Å². The number of carbonyl (C=O) groups is 1. The molecule has 0 aliphatic rings. The van der Waals surface area contributed by atoms with Crippen molar-refractivity contribution in [3.8, 4) is 5.75 Å². The van der Waals surface area contributed by atoms with Crippen molar-refractivity contribution in [2.45, 2.75) is 19.5 Å². The molecule has 0 unspecified atom stereocenters. The van der Waals surface area contributed by atoms with Crippen molar-refractivity contribution in [2.75, 3.05) is 5.32 Å². The lowest BCUT2D eigenvalue weighted by Gasteiger charge is -2.06. The number of alkyl halides is 3. The molecule has 0 aliphatic heterocycles. The van der Waals surface area contributed by atoms with E-state index in [1.807, 2.05) is 0 Å².